The second-order valence-corrected chi connectivity index (χ2v) is 2.66. The molecule has 0 amide bonds. The van der Waals surface area contributed by atoms with Crippen molar-refractivity contribution < 1.29 is 19.4 Å². The van der Waals surface area contributed by atoms with Gasteiger partial charge in [0.15, 0.2) is 0 Å². The number of hydrogen-bond acceptors (Lipinski definition) is 4. The van der Waals surface area contributed by atoms with Crippen molar-refractivity contribution in [3.63, 3.8) is 0 Å². The maximum atomic E-state index is 10.9. The highest BCUT2D eigenvalue weighted by Gasteiger charge is 2.38. The predicted molar refractivity (Wildman–Crippen MR) is 36.9 cm³/mol. The first-order valence-electron chi connectivity index (χ1n) is 3.54. The lowest BCUT2D eigenvalue weighted by atomic mass is 10.0. The standard InChI is InChI=1S/C7H12O4/c1-4-6(8)5(3-11-4)7(9)10-2/h4-6,8H,3H2,1-2H3/t4-,5+,6+/m0/s1. The summed E-state index contributed by atoms with van der Waals surface area (Å²) in [5, 5.41) is 9.33. The minimum atomic E-state index is -0.720. The van der Waals surface area contributed by atoms with E-state index in [1.54, 1.807) is 6.92 Å². The van der Waals surface area contributed by atoms with Gasteiger partial charge in [-0.15, -0.1) is 0 Å². The lowest BCUT2D eigenvalue weighted by Crippen LogP contribution is -2.30. The van der Waals surface area contributed by atoms with Gasteiger partial charge in [0.2, 0.25) is 0 Å². The Morgan fingerprint density at radius 1 is 1.73 bits per heavy atom. The van der Waals surface area contributed by atoms with Gasteiger partial charge in [-0.1, -0.05) is 0 Å². The molecule has 1 heterocycles. The fraction of sp³-hybridized carbons (Fsp3) is 0.857. The monoisotopic (exact) mass is 160 g/mol. The maximum absolute atomic E-state index is 10.9. The fourth-order valence-electron chi connectivity index (χ4n) is 1.14. The van der Waals surface area contributed by atoms with Crippen molar-refractivity contribution in [1.29, 1.82) is 0 Å². The number of ether oxygens (including phenoxy) is 2. The Morgan fingerprint density at radius 2 is 2.36 bits per heavy atom. The first-order valence-corrected chi connectivity index (χ1v) is 3.54. The summed E-state index contributed by atoms with van der Waals surface area (Å²) >= 11 is 0. The topological polar surface area (TPSA) is 55.8 Å². The molecule has 0 radical (unpaired) electrons. The van der Waals surface area contributed by atoms with E-state index in [1.807, 2.05) is 0 Å². The molecule has 1 rings (SSSR count). The lowest BCUT2D eigenvalue weighted by Gasteiger charge is -2.11. The molecule has 4 heteroatoms. The summed E-state index contributed by atoms with van der Waals surface area (Å²) < 4.78 is 9.52. The number of carbonyl (C=O) groups excluding carboxylic acids is 1. The van der Waals surface area contributed by atoms with Gasteiger partial charge in [0.05, 0.1) is 25.9 Å². The zero-order valence-corrected chi connectivity index (χ0v) is 6.61. The van der Waals surface area contributed by atoms with Crippen molar-refractivity contribution in [2.75, 3.05) is 13.7 Å². The number of esters is 1. The van der Waals surface area contributed by atoms with Crippen molar-refractivity contribution in [1.82, 2.24) is 0 Å². The molecule has 0 spiro atoms. The third-order valence-corrected chi connectivity index (χ3v) is 1.94. The Kier molecular flexibility index (Phi) is 2.46. The second kappa shape index (κ2) is 3.19. The van der Waals surface area contributed by atoms with E-state index in [0.717, 1.165) is 0 Å². The second-order valence-electron chi connectivity index (χ2n) is 2.66. The molecule has 0 unspecified atom stereocenters. The van der Waals surface area contributed by atoms with Gasteiger partial charge in [-0.3, -0.25) is 4.79 Å². The number of carbonyl (C=O) groups is 1. The average molecular weight is 160 g/mol. The van der Waals surface area contributed by atoms with E-state index in [0.29, 0.717) is 0 Å². The van der Waals surface area contributed by atoms with Crippen LogP contribution in [0.1, 0.15) is 6.92 Å². The largest absolute Gasteiger partial charge is 0.469 e. The average Bonchev–Trinajstić information content (AvgIpc) is 2.32. The van der Waals surface area contributed by atoms with Crippen LogP contribution in [0.25, 0.3) is 0 Å². The van der Waals surface area contributed by atoms with Crippen LogP contribution in [0, 0.1) is 5.92 Å². The third-order valence-electron chi connectivity index (χ3n) is 1.94. The Balaban J connectivity index is 2.54. The molecular formula is C7H12O4. The molecule has 64 valence electrons. The molecule has 1 fully saturated rings. The molecule has 1 aliphatic heterocycles. The van der Waals surface area contributed by atoms with Gasteiger partial charge in [-0.25, -0.2) is 0 Å². The lowest BCUT2D eigenvalue weighted by molar-refractivity contribution is -0.147. The zero-order chi connectivity index (χ0) is 8.43. The van der Waals surface area contributed by atoms with E-state index in [-0.39, 0.29) is 12.7 Å². The van der Waals surface area contributed by atoms with Gasteiger partial charge >= 0.3 is 5.97 Å². The van der Waals surface area contributed by atoms with Crippen molar-refractivity contribution in [3.8, 4) is 0 Å². The minimum absolute atomic E-state index is 0.259. The summed E-state index contributed by atoms with van der Waals surface area (Å²) in [6.45, 7) is 1.99. The summed E-state index contributed by atoms with van der Waals surface area (Å²) in [7, 11) is 1.30. The molecule has 4 nitrogen and oxygen atoms in total. The van der Waals surface area contributed by atoms with Gasteiger partial charge in [0.1, 0.15) is 5.92 Å². The normalized spacial score (nSPS) is 37.2. The highest BCUT2D eigenvalue weighted by molar-refractivity contribution is 5.73. The van der Waals surface area contributed by atoms with Crippen molar-refractivity contribution in [3.05, 3.63) is 0 Å². The Bertz CT molecular complexity index is 157. The summed E-state index contributed by atoms with van der Waals surface area (Å²) in [5.41, 5.74) is 0. The molecule has 0 aromatic carbocycles. The Morgan fingerprint density at radius 3 is 2.73 bits per heavy atom. The van der Waals surface area contributed by atoms with E-state index < -0.39 is 18.0 Å². The number of aliphatic hydroxyl groups is 1. The summed E-state index contributed by atoms with van der Waals surface area (Å²) in [6, 6.07) is 0. The molecule has 0 saturated carbocycles. The highest BCUT2D eigenvalue weighted by atomic mass is 16.5. The Hall–Kier alpha value is -0.610. The molecule has 0 aromatic rings. The van der Waals surface area contributed by atoms with Crippen LogP contribution in [0.4, 0.5) is 0 Å². The quantitative estimate of drug-likeness (QED) is 0.528. The van der Waals surface area contributed by atoms with Gasteiger partial charge < -0.3 is 14.6 Å². The summed E-state index contributed by atoms with van der Waals surface area (Å²) in [4.78, 5) is 10.9. The van der Waals surface area contributed by atoms with E-state index in [1.165, 1.54) is 7.11 Å². The summed E-state index contributed by atoms with van der Waals surface area (Å²) in [6.07, 6.45) is -0.985. The van der Waals surface area contributed by atoms with E-state index in [2.05, 4.69) is 4.74 Å². The zero-order valence-electron chi connectivity index (χ0n) is 6.61. The molecule has 1 aliphatic rings. The van der Waals surface area contributed by atoms with Gasteiger partial charge in [-0.2, -0.15) is 0 Å². The van der Waals surface area contributed by atoms with Crippen molar-refractivity contribution in [2.24, 2.45) is 5.92 Å². The van der Waals surface area contributed by atoms with Gasteiger partial charge in [0, 0.05) is 0 Å². The number of aliphatic hydroxyl groups excluding tert-OH is 1. The van der Waals surface area contributed by atoms with Crippen LogP contribution in [0.15, 0.2) is 0 Å². The van der Waals surface area contributed by atoms with E-state index in [9.17, 15) is 9.90 Å². The number of rotatable bonds is 1. The van der Waals surface area contributed by atoms with Crippen LogP contribution < -0.4 is 0 Å². The minimum Gasteiger partial charge on any atom is -0.469 e. The van der Waals surface area contributed by atoms with E-state index >= 15 is 0 Å². The van der Waals surface area contributed by atoms with Crippen LogP contribution in [-0.4, -0.2) is 37.0 Å². The van der Waals surface area contributed by atoms with Crippen molar-refractivity contribution >= 4 is 5.97 Å². The molecule has 11 heavy (non-hydrogen) atoms. The number of hydrogen-bond donors (Lipinski definition) is 1. The summed E-state index contributed by atoms with van der Waals surface area (Å²) in [5.74, 6) is -0.906. The molecule has 1 saturated heterocycles. The smallest absolute Gasteiger partial charge is 0.313 e. The van der Waals surface area contributed by atoms with Crippen molar-refractivity contribution in [2.45, 2.75) is 19.1 Å². The third kappa shape index (κ3) is 1.52. The van der Waals surface area contributed by atoms with Crippen LogP contribution in [-0.2, 0) is 14.3 Å². The first kappa shape index (κ1) is 8.49. The van der Waals surface area contributed by atoms with Gasteiger partial charge in [-0.05, 0) is 6.92 Å². The first-order chi connectivity index (χ1) is 5.16. The molecular weight excluding hydrogens is 148 g/mol. The molecule has 0 aliphatic carbocycles. The van der Waals surface area contributed by atoms with Gasteiger partial charge in [0.25, 0.3) is 0 Å². The maximum Gasteiger partial charge on any atom is 0.313 e. The fourth-order valence-corrected chi connectivity index (χ4v) is 1.14. The van der Waals surface area contributed by atoms with Crippen LogP contribution in [0.5, 0.6) is 0 Å². The van der Waals surface area contributed by atoms with Crippen LogP contribution in [0.2, 0.25) is 0 Å². The highest BCUT2D eigenvalue weighted by Crippen LogP contribution is 2.20. The predicted octanol–water partition coefficient (Wildman–Crippen LogP) is -0.445. The molecule has 3 atom stereocenters. The molecule has 1 N–H and O–H groups in total. The van der Waals surface area contributed by atoms with E-state index in [4.69, 9.17) is 4.74 Å². The Labute approximate surface area is 65.1 Å². The van der Waals surface area contributed by atoms with Crippen LogP contribution in [0.3, 0.4) is 0 Å². The molecule has 0 bridgehead atoms. The SMILES string of the molecule is COC(=O)[C@@H]1CO[C@@H](C)[C@H]1O. The molecule has 0 aromatic heterocycles. The number of methoxy groups -OCH3 is 1. The van der Waals surface area contributed by atoms with Crippen LogP contribution >= 0.6 is 0 Å².